The van der Waals surface area contributed by atoms with E-state index in [2.05, 4.69) is 15.4 Å². The lowest BCUT2D eigenvalue weighted by molar-refractivity contribution is 0.0983. The number of aryl methyl sites for hydroxylation is 1. The average molecular weight is 230 g/mol. The molecule has 2 rings (SSSR count). The normalized spacial score (nSPS) is 10.2. The highest BCUT2D eigenvalue weighted by atomic mass is 16.2. The highest BCUT2D eigenvalue weighted by Gasteiger charge is 2.20. The number of aromatic amines is 1. The number of nitrogens with one attached hydrogen (secondary N) is 1. The van der Waals surface area contributed by atoms with Crippen molar-refractivity contribution in [3.05, 3.63) is 41.7 Å². The molecule has 0 aliphatic carbocycles. The molecule has 0 saturated heterocycles. The van der Waals surface area contributed by atoms with E-state index in [0.29, 0.717) is 17.9 Å². The fourth-order valence-corrected chi connectivity index (χ4v) is 1.67. The maximum atomic E-state index is 12.3. The summed E-state index contributed by atoms with van der Waals surface area (Å²) in [4.78, 5) is 13.9. The van der Waals surface area contributed by atoms with E-state index >= 15 is 0 Å². The fraction of sp³-hybridized carbons (Fsp3) is 0.250. The number of benzene rings is 1. The number of amides is 1. The molecule has 2 aromatic rings. The van der Waals surface area contributed by atoms with E-state index < -0.39 is 0 Å². The Hall–Kier alpha value is -2.17. The van der Waals surface area contributed by atoms with Crippen molar-refractivity contribution in [1.29, 1.82) is 0 Å². The van der Waals surface area contributed by atoms with Gasteiger partial charge in [0, 0.05) is 12.2 Å². The van der Waals surface area contributed by atoms with Crippen LogP contribution in [0.5, 0.6) is 0 Å². The van der Waals surface area contributed by atoms with Crippen LogP contribution in [0.3, 0.4) is 0 Å². The Morgan fingerprint density at radius 3 is 2.53 bits per heavy atom. The van der Waals surface area contributed by atoms with Gasteiger partial charge in [0.15, 0.2) is 5.69 Å². The predicted molar refractivity (Wildman–Crippen MR) is 64.9 cm³/mol. The number of hydrogen-bond donors (Lipinski definition) is 1. The molecular formula is C12H14N4O. The molecule has 0 aliphatic heterocycles. The van der Waals surface area contributed by atoms with E-state index in [9.17, 15) is 4.79 Å². The largest absolute Gasteiger partial charge is 0.307 e. The number of carbonyl (C=O) groups is 1. The van der Waals surface area contributed by atoms with Crippen LogP contribution < -0.4 is 4.90 Å². The molecule has 1 N–H and O–H groups in total. The van der Waals surface area contributed by atoms with E-state index in [1.54, 1.807) is 11.8 Å². The number of hydrogen-bond acceptors (Lipinski definition) is 3. The number of anilines is 1. The Balaban J connectivity index is 2.32. The molecule has 1 heterocycles. The summed E-state index contributed by atoms with van der Waals surface area (Å²) in [7, 11) is 0. The molecule has 1 aromatic carbocycles. The second-order valence-corrected chi connectivity index (χ2v) is 3.64. The van der Waals surface area contributed by atoms with Crippen molar-refractivity contribution in [1.82, 2.24) is 15.4 Å². The van der Waals surface area contributed by atoms with Crippen LogP contribution in [0.1, 0.15) is 23.1 Å². The van der Waals surface area contributed by atoms with Gasteiger partial charge in [-0.15, -0.1) is 0 Å². The van der Waals surface area contributed by atoms with E-state index in [-0.39, 0.29) is 5.91 Å². The van der Waals surface area contributed by atoms with Crippen LogP contribution in [-0.4, -0.2) is 27.9 Å². The summed E-state index contributed by atoms with van der Waals surface area (Å²) in [5.74, 6) is -0.134. The minimum atomic E-state index is -0.134. The van der Waals surface area contributed by atoms with Crippen LogP contribution in [0.25, 0.3) is 0 Å². The van der Waals surface area contributed by atoms with Crippen LogP contribution in [0.15, 0.2) is 30.3 Å². The van der Waals surface area contributed by atoms with Gasteiger partial charge in [0.2, 0.25) is 0 Å². The van der Waals surface area contributed by atoms with Gasteiger partial charge in [-0.1, -0.05) is 18.2 Å². The Kier molecular flexibility index (Phi) is 3.18. The number of para-hydroxylation sites is 1. The summed E-state index contributed by atoms with van der Waals surface area (Å²) >= 11 is 0. The smallest absolute Gasteiger partial charge is 0.280 e. The quantitative estimate of drug-likeness (QED) is 0.874. The lowest BCUT2D eigenvalue weighted by Crippen LogP contribution is -2.31. The van der Waals surface area contributed by atoms with Gasteiger partial charge in [-0.2, -0.15) is 15.4 Å². The molecule has 88 valence electrons. The summed E-state index contributed by atoms with van der Waals surface area (Å²) < 4.78 is 0. The Morgan fingerprint density at radius 2 is 2.00 bits per heavy atom. The van der Waals surface area contributed by atoms with Crippen molar-refractivity contribution in [3.63, 3.8) is 0 Å². The Bertz CT molecular complexity index is 506. The van der Waals surface area contributed by atoms with Crippen molar-refractivity contribution < 1.29 is 4.79 Å². The summed E-state index contributed by atoms with van der Waals surface area (Å²) in [5.41, 5.74) is 1.85. The second-order valence-electron chi connectivity index (χ2n) is 3.64. The Labute approximate surface area is 99.5 Å². The number of nitrogens with zero attached hydrogens (tertiary/aromatic N) is 3. The lowest BCUT2D eigenvalue weighted by Gasteiger charge is -2.19. The summed E-state index contributed by atoms with van der Waals surface area (Å²) in [6.07, 6.45) is 0. The van der Waals surface area contributed by atoms with Crippen molar-refractivity contribution in [2.24, 2.45) is 0 Å². The van der Waals surface area contributed by atoms with E-state index in [0.717, 1.165) is 5.69 Å². The van der Waals surface area contributed by atoms with Crippen LogP contribution in [0.2, 0.25) is 0 Å². The van der Waals surface area contributed by atoms with Gasteiger partial charge in [-0.25, -0.2) is 0 Å². The van der Waals surface area contributed by atoms with Gasteiger partial charge < -0.3 is 4.90 Å². The molecule has 0 fully saturated rings. The van der Waals surface area contributed by atoms with E-state index in [4.69, 9.17) is 0 Å². The lowest BCUT2D eigenvalue weighted by atomic mass is 10.2. The predicted octanol–water partition coefficient (Wildman–Crippen LogP) is 1.78. The van der Waals surface area contributed by atoms with Gasteiger partial charge in [0.05, 0.1) is 5.69 Å². The van der Waals surface area contributed by atoms with Crippen LogP contribution in [0.4, 0.5) is 5.69 Å². The first-order valence-electron chi connectivity index (χ1n) is 5.48. The van der Waals surface area contributed by atoms with Gasteiger partial charge in [-0.3, -0.25) is 4.79 Å². The molecule has 0 saturated carbocycles. The molecule has 1 aromatic heterocycles. The molecule has 0 radical (unpaired) electrons. The third kappa shape index (κ3) is 2.18. The van der Waals surface area contributed by atoms with Gasteiger partial charge in [0.1, 0.15) is 0 Å². The molecular weight excluding hydrogens is 216 g/mol. The average Bonchev–Trinajstić information content (AvgIpc) is 2.77. The SMILES string of the molecule is CCN(C(=O)c1n[nH]nc1C)c1ccccc1. The molecule has 5 heteroatoms. The van der Waals surface area contributed by atoms with Crippen LogP contribution >= 0.6 is 0 Å². The molecule has 5 nitrogen and oxygen atoms in total. The van der Waals surface area contributed by atoms with Gasteiger partial charge in [-0.05, 0) is 26.0 Å². The molecule has 0 bridgehead atoms. The number of rotatable bonds is 3. The number of aromatic nitrogens is 3. The molecule has 0 unspecified atom stereocenters. The number of H-pyrrole nitrogens is 1. The van der Waals surface area contributed by atoms with Gasteiger partial charge >= 0.3 is 0 Å². The van der Waals surface area contributed by atoms with Crippen molar-refractivity contribution >= 4 is 11.6 Å². The molecule has 17 heavy (non-hydrogen) atoms. The molecule has 0 spiro atoms. The maximum absolute atomic E-state index is 12.3. The first kappa shape index (κ1) is 11.3. The van der Waals surface area contributed by atoms with E-state index in [1.807, 2.05) is 37.3 Å². The summed E-state index contributed by atoms with van der Waals surface area (Å²) in [6.45, 7) is 4.28. The summed E-state index contributed by atoms with van der Waals surface area (Å²) in [6, 6.07) is 9.53. The zero-order chi connectivity index (χ0) is 12.3. The highest BCUT2D eigenvalue weighted by molar-refractivity contribution is 6.05. The van der Waals surface area contributed by atoms with Gasteiger partial charge in [0.25, 0.3) is 5.91 Å². The summed E-state index contributed by atoms with van der Waals surface area (Å²) in [5, 5.41) is 10.2. The molecule has 0 atom stereocenters. The minimum Gasteiger partial charge on any atom is -0.307 e. The zero-order valence-corrected chi connectivity index (χ0v) is 9.84. The fourth-order valence-electron chi connectivity index (χ4n) is 1.67. The van der Waals surface area contributed by atoms with Crippen molar-refractivity contribution in [2.75, 3.05) is 11.4 Å². The topological polar surface area (TPSA) is 61.9 Å². The first-order chi connectivity index (χ1) is 8.24. The molecule has 0 aliphatic rings. The monoisotopic (exact) mass is 230 g/mol. The third-order valence-electron chi connectivity index (χ3n) is 2.55. The van der Waals surface area contributed by atoms with E-state index in [1.165, 1.54) is 0 Å². The van der Waals surface area contributed by atoms with Crippen LogP contribution in [0, 0.1) is 6.92 Å². The maximum Gasteiger partial charge on any atom is 0.280 e. The Morgan fingerprint density at radius 1 is 1.29 bits per heavy atom. The van der Waals surface area contributed by atoms with Crippen molar-refractivity contribution in [3.8, 4) is 0 Å². The first-order valence-corrected chi connectivity index (χ1v) is 5.48. The standard InChI is InChI=1S/C12H14N4O/c1-3-16(10-7-5-4-6-8-10)12(17)11-9(2)13-15-14-11/h4-8H,3H2,1-2H3,(H,13,14,15). The zero-order valence-electron chi connectivity index (χ0n) is 9.84. The number of carbonyl (C=O) groups excluding carboxylic acids is 1. The molecule has 1 amide bonds. The minimum absolute atomic E-state index is 0.134. The highest BCUT2D eigenvalue weighted by Crippen LogP contribution is 2.16. The third-order valence-corrected chi connectivity index (χ3v) is 2.55. The van der Waals surface area contributed by atoms with Crippen molar-refractivity contribution in [2.45, 2.75) is 13.8 Å². The second kappa shape index (κ2) is 4.78. The van der Waals surface area contributed by atoms with Crippen LogP contribution in [-0.2, 0) is 0 Å².